The van der Waals surface area contributed by atoms with Gasteiger partial charge in [-0.25, -0.2) is 0 Å². The summed E-state index contributed by atoms with van der Waals surface area (Å²) in [5, 5.41) is 3.31. The average molecular weight is 266 g/mol. The van der Waals surface area contributed by atoms with Crippen molar-refractivity contribution in [1.29, 1.82) is 0 Å². The lowest BCUT2D eigenvalue weighted by Crippen LogP contribution is -2.16. The number of thiocarbonyl (C=S) groups is 1. The second kappa shape index (κ2) is 8.06. The van der Waals surface area contributed by atoms with Gasteiger partial charge in [0.25, 0.3) is 0 Å². The maximum Gasteiger partial charge on any atom is 0.106 e. The summed E-state index contributed by atoms with van der Waals surface area (Å²) in [6.07, 6.45) is 2.28. The highest BCUT2D eigenvalue weighted by molar-refractivity contribution is 7.80. The molecule has 0 saturated heterocycles. The van der Waals surface area contributed by atoms with Gasteiger partial charge in [-0.3, -0.25) is 0 Å². The van der Waals surface area contributed by atoms with Crippen molar-refractivity contribution in [2.24, 2.45) is 5.73 Å². The van der Waals surface area contributed by atoms with Crippen molar-refractivity contribution < 1.29 is 4.74 Å². The van der Waals surface area contributed by atoms with Gasteiger partial charge in [0.15, 0.2) is 0 Å². The number of unbranched alkanes of at least 4 members (excludes halogenated alkanes) is 1. The quantitative estimate of drug-likeness (QED) is 0.561. The van der Waals surface area contributed by atoms with E-state index < -0.39 is 0 Å². The van der Waals surface area contributed by atoms with Gasteiger partial charge in [0.1, 0.15) is 4.99 Å². The number of hydrogen-bond acceptors (Lipinski definition) is 3. The van der Waals surface area contributed by atoms with Crippen molar-refractivity contribution in [3.8, 4) is 0 Å². The molecule has 0 amide bonds. The third-order valence-corrected chi connectivity index (χ3v) is 2.86. The van der Waals surface area contributed by atoms with Crippen molar-refractivity contribution in [1.82, 2.24) is 0 Å². The van der Waals surface area contributed by atoms with Crippen LogP contribution in [0, 0.1) is 6.92 Å². The van der Waals surface area contributed by atoms with Crippen LogP contribution in [0.5, 0.6) is 0 Å². The first-order chi connectivity index (χ1) is 8.65. The summed E-state index contributed by atoms with van der Waals surface area (Å²) in [4.78, 5) is 0.424. The first-order valence-corrected chi connectivity index (χ1v) is 6.78. The van der Waals surface area contributed by atoms with E-state index in [4.69, 9.17) is 22.7 Å². The molecule has 0 bridgehead atoms. The minimum absolute atomic E-state index is 0.424. The normalized spacial score (nSPS) is 10.3. The van der Waals surface area contributed by atoms with Crippen LogP contribution in [0.3, 0.4) is 0 Å². The predicted octanol–water partition coefficient (Wildman–Crippen LogP) is 2.86. The van der Waals surface area contributed by atoms with Gasteiger partial charge in [-0.1, -0.05) is 37.2 Å². The Hall–Kier alpha value is -1.13. The standard InChI is InChI=1S/C14H22N2OS/c1-3-4-8-17-9-7-16-13-6-5-11(2)10-12(13)14(15)18/h5-6,10,16H,3-4,7-9H2,1-2H3,(H2,15,18). The zero-order valence-corrected chi connectivity index (χ0v) is 12.0. The second-order valence-corrected chi connectivity index (χ2v) is 4.75. The smallest absolute Gasteiger partial charge is 0.106 e. The van der Waals surface area contributed by atoms with Crippen LogP contribution in [0.4, 0.5) is 5.69 Å². The lowest BCUT2D eigenvalue weighted by molar-refractivity contribution is 0.141. The third-order valence-electron chi connectivity index (χ3n) is 2.64. The van der Waals surface area contributed by atoms with Gasteiger partial charge in [-0.15, -0.1) is 0 Å². The van der Waals surface area contributed by atoms with E-state index in [1.165, 1.54) is 0 Å². The molecule has 0 aliphatic carbocycles. The SMILES string of the molecule is CCCCOCCNc1ccc(C)cc1C(N)=S. The van der Waals surface area contributed by atoms with Crippen molar-refractivity contribution in [3.63, 3.8) is 0 Å². The average Bonchev–Trinajstić information content (AvgIpc) is 2.35. The van der Waals surface area contributed by atoms with Crippen molar-refractivity contribution in [2.75, 3.05) is 25.1 Å². The minimum Gasteiger partial charge on any atom is -0.389 e. The van der Waals surface area contributed by atoms with E-state index in [9.17, 15) is 0 Å². The Morgan fingerprint density at radius 1 is 1.39 bits per heavy atom. The van der Waals surface area contributed by atoms with Crippen LogP contribution in [-0.4, -0.2) is 24.7 Å². The number of nitrogens with two attached hydrogens (primary N) is 1. The summed E-state index contributed by atoms with van der Waals surface area (Å²) in [7, 11) is 0. The Kier molecular flexibility index (Phi) is 6.68. The van der Waals surface area contributed by atoms with Crippen LogP contribution in [0.15, 0.2) is 18.2 Å². The molecular formula is C14H22N2OS. The highest BCUT2D eigenvalue weighted by Crippen LogP contribution is 2.16. The molecule has 1 rings (SSSR count). The summed E-state index contributed by atoms with van der Waals surface area (Å²) in [5.41, 5.74) is 8.75. The Morgan fingerprint density at radius 2 is 2.17 bits per heavy atom. The molecule has 0 saturated carbocycles. The molecule has 3 N–H and O–H groups in total. The number of aryl methyl sites for hydroxylation is 1. The summed E-state index contributed by atoms with van der Waals surface area (Å²) in [6.45, 7) is 6.48. The molecular weight excluding hydrogens is 244 g/mol. The lowest BCUT2D eigenvalue weighted by Gasteiger charge is -2.12. The number of benzene rings is 1. The maximum atomic E-state index is 5.71. The third kappa shape index (κ3) is 5.02. The summed E-state index contributed by atoms with van der Waals surface area (Å²) in [5.74, 6) is 0. The topological polar surface area (TPSA) is 47.3 Å². The van der Waals surface area contributed by atoms with Crippen LogP contribution in [-0.2, 0) is 4.74 Å². The summed E-state index contributed by atoms with van der Waals surface area (Å²) in [6, 6.07) is 6.06. The van der Waals surface area contributed by atoms with Crippen LogP contribution in [0.1, 0.15) is 30.9 Å². The molecule has 0 fully saturated rings. The summed E-state index contributed by atoms with van der Waals surface area (Å²) < 4.78 is 5.49. The number of ether oxygens (including phenoxy) is 1. The van der Waals surface area contributed by atoms with E-state index in [0.29, 0.717) is 11.6 Å². The molecule has 0 radical (unpaired) electrons. The van der Waals surface area contributed by atoms with E-state index in [0.717, 1.165) is 42.8 Å². The van der Waals surface area contributed by atoms with Gasteiger partial charge in [0.05, 0.1) is 6.61 Å². The molecule has 18 heavy (non-hydrogen) atoms. The number of hydrogen-bond donors (Lipinski definition) is 2. The van der Waals surface area contributed by atoms with Crippen molar-refractivity contribution in [2.45, 2.75) is 26.7 Å². The zero-order valence-electron chi connectivity index (χ0n) is 11.2. The van der Waals surface area contributed by atoms with E-state index in [1.54, 1.807) is 0 Å². The largest absolute Gasteiger partial charge is 0.389 e. The molecule has 1 aromatic carbocycles. The van der Waals surface area contributed by atoms with E-state index in [2.05, 4.69) is 12.2 Å². The molecule has 3 nitrogen and oxygen atoms in total. The highest BCUT2D eigenvalue weighted by atomic mass is 32.1. The minimum atomic E-state index is 0.424. The van der Waals surface area contributed by atoms with Gasteiger partial charge in [-0.2, -0.15) is 0 Å². The molecule has 0 unspecified atom stereocenters. The van der Waals surface area contributed by atoms with Crippen LogP contribution < -0.4 is 11.1 Å². The fraction of sp³-hybridized carbons (Fsp3) is 0.500. The van der Waals surface area contributed by atoms with Crippen molar-refractivity contribution in [3.05, 3.63) is 29.3 Å². The highest BCUT2D eigenvalue weighted by Gasteiger charge is 2.04. The molecule has 0 aliphatic rings. The van der Waals surface area contributed by atoms with E-state index >= 15 is 0 Å². The molecule has 1 aromatic rings. The van der Waals surface area contributed by atoms with Crippen LogP contribution in [0.25, 0.3) is 0 Å². The number of rotatable bonds is 8. The maximum absolute atomic E-state index is 5.71. The van der Waals surface area contributed by atoms with Crippen LogP contribution in [0.2, 0.25) is 0 Å². The van der Waals surface area contributed by atoms with Gasteiger partial charge in [0.2, 0.25) is 0 Å². The Morgan fingerprint density at radius 3 is 2.83 bits per heavy atom. The van der Waals surface area contributed by atoms with Crippen molar-refractivity contribution >= 4 is 22.9 Å². The van der Waals surface area contributed by atoms with Gasteiger partial charge >= 0.3 is 0 Å². The second-order valence-electron chi connectivity index (χ2n) is 4.31. The zero-order chi connectivity index (χ0) is 13.4. The Balaban J connectivity index is 2.44. The molecule has 0 atom stereocenters. The van der Waals surface area contributed by atoms with E-state index in [-0.39, 0.29) is 0 Å². The molecule has 0 aromatic heterocycles. The Labute approximate surface area is 115 Å². The Bertz CT molecular complexity index is 393. The predicted molar refractivity (Wildman–Crippen MR) is 81.3 cm³/mol. The van der Waals surface area contributed by atoms with Gasteiger partial charge in [0, 0.05) is 24.4 Å². The molecule has 100 valence electrons. The molecule has 0 heterocycles. The molecule has 0 aliphatic heterocycles. The monoisotopic (exact) mass is 266 g/mol. The number of anilines is 1. The molecule has 4 heteroatoms. The summed E-state index contributed by atoms with van der Waals surface area (Å²) >= 11 is 5.05. The lowest BCUT2D eigenvalue weighted by atomic mass is 10.1. The molecule has 0 spiro atoms. The van der Waals surface area contributed by atoms with Gasteiger partial charge in [-0.05, 0) is 25.5 Å². The van der Waals surface area contributed by atoms with Crippen LogP contribution >= 0.6 is 12.2 Å². The first-order valence-electron chi connectivity index (χ1n) is 6.37. The fourth-order valence-electron chi connectivity index (χ4n) is 1.62. The van der Waals surface area contributed by atoms with Gasteiger partial charge < -0.3 is 15.8 Å². The van der Waals surface area contributed by atoms with E-state index in [1.807, 2.05) is 25.1 Å². The number of nitrogens with one attached hydrogen (secondary N) is 1. The first kappa shape index (κ1) is 14.9. The fourth-order valence-corrected chi connectivity index (χ4v) is 1.79.